The largest absolute Gasteiger partial charge is 0.542 e. The standard InChI is InChI=1S/C20H34O6Si2/c1-13(2)12-16(27)25-20(21)19(24-5)18(23-4)14-10-9-11-15(17(14)22-3)26-28(6,7)8/h9-11,13,16H,12H2,1-8,27H3. The van der Waals surface area contributed by atoms with E-state index < -0.39 is 14.3 Å². The van der Waals surface area contributed by atoms with Crippen LogP contribution in [0.3, 0.4) is 0 Å². The summed E-state index contributed by atoms with van der Waals surface area (Å²) >= 11 is 0. The first-order chi connectivity index (χ1) is 13.0. The number of esters is 1. The molecule has 1 atom stereocenters. The zero-order chi connectivity index (χ0) is 21.5. The Hall–Kier alpha value is -1.94. The lowest BCUT2D eigenvalue weighted by Crippen LogP contribution is -2.29. The molecule has 0 N–H and O–H groups in total. The zero-order valence-electron chi connectivity index (χ0n) is 18.5. The van der Waals surface area contributed by atoms with Crippen molar-refractivity contribution in [2.75, 3.05) is 21.3 Å². The molecule has 1 unspecified atom stereocenters. The van der Waals surface area contributed by atoms with E-state index in [-0.39, 0.29) is 17.2 Å². The van der Waals surface area contributed by atoms with Crippen LogP contribution >= 0.6 is 0 Å². The van der Waals surface area contributed by atoms with Crippen molar-refractivity contribution >= 4 is 30.3 Å². The molecule has 0 fully saturated rings. The van der Waals surface area contributed by atoms with Gasteiger partial charge in [0.25, 0.3) is 0 Å². The van der Waals surface area contributed by atoms with E-state index in [9.17, 15) is 4.79 Å². The number of benzene rings is 1. The number of ether oxygens (including phenoxy) is 4. The summed E-state index contributed by atoms with van der Waals surface area (Å²) in [5.74, 6) is 1.27. The Morgan fingerprint density at radius 3 is 2.21 bits per heavy atom. The van der Waals surface area contributed by atoms with E-state index in [1.54, 1.807) is 13.2 Å². The topological polar surface area (TPSA) is 63.2 Å². The fourth-order valence-corrected chi connectivity index (χ4v) is 4.83. The van der Waals surface area contributed by atoms with Crippen LogP contribution in [0.4, 0.5) is 0 Å². The third kappa shape index (κ3) is 6.90. The van der Waals surface area contributed by atoms with Crippen LogP contribution in [0.2, 0.25) is 19.6 Å². The van der Waals surface area contributed by atoms with Gasteiger partial charge in [0.2, 0.25) is 14.1 Å². The normalized spacial score (nSPS) is 13.6. The van der Waals surface area contributed by atoms with Crippen molar-refractivity contribution in [3.63, 3.8) is 0 Å². The summed E-state index contributed by atoms with van der Waals surface area (Å²) in [5, 5.41) is 0. The van der Waals surface area contributed by atoms with Crippen molar-refractivity contribution in [3.05, 3.63) is 29.5 Å². The predicted octanol–water partition coefficient (Wildman–Crippen LogP) is 3.15. The molecule has 8 heteroatoms. The minimum atomic E-state index is -1.86. The molecule has 0 amide bonds. The first-order valence-electron chi connectivity index (χ1n) is 9.43. The van der Waals surface area contributed by atoms with Crippen LogP contribution < -0.4 is 9.16 Å². The minimum absolute atomic E-state index is 0.00978. The molecule has 6 nitrogen and oxygen atoms in total. The van der Waals surface area contributed by atoms with Gasteiger partial charge < -0.3 is 23.4 Å². The van der Waals surface area contributed by atoms with Crippen LogP contribution in [0.15, 0.2) is 24.0 Å². The molecular weight excluding hydrogens is 392 g/mol. The SMILES string of the molecule is COC(C(=O)OC([SiH3])CC(C)C)=C(OC)c1cccc(O[Si](C)(C)C)c1OC. The van der Waals surface area contributed by atoms with Gasteiger partial charge in [-0.3, -0.25) is 0 Å². The third-order valence-corrected chi connectivity index (χ3v) is 5.29. The number of para-hydroxylation sites is 1. The minimum Gasteiger partial charge on any atom is -0.542 e. The summed E-state index contributed by atoms with van der Waals surface area (Å²) in [6, 6.07) is 5.47. The van der Waals surface area contributed by atoms with Crippen molar-refractivity contribution in [3.8, 4) is 11.5 Å². The molecular formula is C20H34O6Si2. The first-order valence-corrected chi connectivity index (χ1v) is 14.0. The highest BCUT2D eigenvalue weighted by atomic mass is 28.4. The number of hydrogen-bond acceptors (Lipinski definition) is 6. The van der Waals surface area contributed by atoms with E-state index in [0.717, 1.165) is 16.7 Å². The molecule has 0 saturated carbocycles. The molecule has 0 spiro atoms. The van der Waals surface area contributed by atoms with Gasteiger partial charge in [-0.05, 0) is 44.1 Å². The van der Waals surface area contributed by atoms with Gasteiger partial charge in [-0.2, -0.15) is 0 Å². The molecule has 28 heavy (non-hydrogen) atoms. The molecule has 1 aromatic carbocycles. The lowest BCUT2D eigenvalue weighted by molar-refractivity contribution is -0.144. The van der Waals surface area contributed by atoms with Crippen LogP contribution in [0.5, 0.6) is 11.5 Å². The Morgan fingerprint density at radius 1 is 1.11 bits per heavy atom. The molecule has 0 aromatic heterocycles. The van der Waals surface area contributed by atoms with E-state index in [1.807, 2.05) is 12.1 Å². The van der Waals surface area contributed by atoms with Crippen molar-refractivity contribution in [2.24, 2.45) is 5.92 Å². The molecule has 0 heterocycles. The number of carbonyl (C=O) groups is 1. The number of hydrogen-bond donors (Lipinski definition) is 0. The maximum Gasteiger partial charge on any atom is 0.377 e. The lowest BCUT2D eigenvalue weighted by atomic mass is 10.1. The summed E-state index contributed by atoms with van der Waals surface area (Å²) < 4.78 is 28.2. The molecule has 0 saturated heterocycles. The van der Waals surface area contributed by atoms with Gasteiger partial charge >= 0.3 is 5.97 Å². The zero-order valence-corrected chi connectivity index (χ0v) is 21.5. The smallest absolute Gasteiger partial charge is 0.377 e. The summed E-state index contributed by atoms with van der Waals surface area (Å²) in [6.45, 7) is 10.5. The molecule has 1 rings (SSSR count). The quantitative estimate of drug-likeness (QED) is 0.248. The highest BCUT2D eigenvalue weighted by Crippen LogP contribution is 2.38. The van der Waals surface area contributed by atoms with E-state index in [4.69, 9.17) is 23.4 Å². The van der Waals surface area contributed by atoms with Gasteiger partial charge in [0.15, 0.2) is 11.5 Å². The average Bonchev–Trinajstić information content (AvgIpc) is 2.56. The Balaban J connectivity index is 3.38. The van der Waals surface area contributed by atoms with Crippen molar-refractivity contribution < 1.29 is 28.2 Å². The Bertz CT molecular complexity index is 694. The molecule has 1 aromatic rings. The highest BCUT2D eigenvalue weighted by molar-refractivity contribution is 6.70. The van der Waals surface area contributed by atoms with Crippen LogP contribution in [-0.4, -0.2) is 51.6 Å². The number of methoxy groups -OCH3 is 3. The van der Waals surface area contributed by atoms with Crippen molar-refractivity contribution in [1.29, 1.82) is 0 Å². The molecule has 0 aliphatic rings. The fraction of sp³-hybridized carbons (Fsp3) is 0.550. The lowest BCUT2D eigenvalue weighted by Gasteiger charge is -2.23. The second-order valence-corrected chi connectivity index (χ2v) is 13.7. The second kappa shape index (κ2) is 10.6. The van der Waals surface area contributed by atoms with Crippen LogP contribution in [-0.2, 0) is 19.0 Å². The number of rotatable bonds is 10. The highest BCUT2D eigenvalue weighted by Gasteiger charge is 2.27. The van der Waals surface area contributed by atoms with Gasteiger partial charge in [-0.15, -0.1) is 0 Å². The van der Waals surface area contributed by atoms with E-state index in [0.29, 0.717) is 23.0 Å². The fourth-order valence-electron chi connectivity index (χ4n) is 2.86. The molecule has 0 radical (unpaired) electrons. The van der Waals surface area contributed by atoms with Gasteiger partial charge in [-0.1, -0.05) is 19.9 Å². The second-order valence-electron chi connectivity index (χ2n) is 7.96. The van der Waals surface area contributed by atoms with Crippen LogP contribution in [0.1, 0.15) is 25.8 Å². The van der Waals surface area contributed by atoms with Crippen molar-refractivity contribution in [1.82, 2.24) is 0 Å². The van der Waals surface area contributed by atoms with Crippen molar-refractivity contribution in [2.45, 2.75) is 45.6 Å². The monoisotopic (exact) mass is 426 g/mol. The summed E-state index contributed by atoms with van der Waals surface area (Å²) in [6.07, 6.45) is 0.820. The summed E-state index contributed by atoms with van der Waals surface area (Å²) in [7, 11) is 3.35. The maximum absolute atomic E-state index is 12.7. The molecule has 158 valence electrons. The first kappa shape index (κ1) is 24.1. The Kier molecular flexibility index (Phi) is 9.09. The van der Waals surface area contributed by atoms with Gasteiger partial charge in [0.05, 0.1) is 42.9 Å². The average molecular weight is 427 g/mol. The summed E-state index contributed by atoms with van der Waals surface area (Å²) in [4.78, 5) is 12.7. The van der Waals surface area contributed by atoms with E-state index in [1.165, 1.54) is 14.2 Å². The van der Waals surface area contributed by atoms with Gasteiger partial charge in [0, 0.05) is 0 Å². The van der Waals surface area contributed by atoms with E-state index >= 15 is 0 Å². The maximum atomic E-state index is 12.7. The van der Waals surface area contributed by atoms with E-state index in [2.05, 4.69) is 33.5 Å². The molecule has 0 aliphatic heterocycles. The van der Waals surface area contributed by atoms with Crippen LogP contribution in [0.25, 0.3) is 5.76 Å². The molecule has 0 aliphatic carbocycles. The Morgan fingerprint density at radius 2 is 1.75 bits per heavy atom. The third-order valence-electron chi connectivity index (χ3n) is 3.76. The van der Waals surface area contributed by atoms with Gasteiger partial charge in [0.1, 0.15) is 5.75 Å². The van der Waals surface area contributed by atoms with Gasteiger partial charge in [-0.25, -0.2) is 4.79 Å². The van der Waals surface area contributed by atoms with Crippen LogP contribution in [0, 0.1) is 5.92 Å². The molecule has 0 bridgehead atoms. The number of carbonyl (C=O) groups excluding carboxylic acids is 1. The predicted molar refractivity (Wildman–Crippen MR) is 117 cm³/mol. The Labute approximate surface area is 172 Å². The summed E-state index contributed by atoms with van der Waals surface area (Å²) in [5.41, 5.74) is 0.475.